The molecule has 1 aliphatic rings. The smallest absolute Gasteiger partial charge is 0.221 e. The van der Waals surface area contributed by atoms with Gasteiger partial charge in [-0.25, -0.2) is 0 Å². The normalized spacial score (nSPS) is 27.5. The Kier molecular flexibility index (Phi) is 2.30. The SMILES string of the molecule is O=C1C(O)=CC(Br)NC1c1nn[nH]n1. The number of carbonyl (C=O) groups excluding carboxylic acids is 1. The maximum atomic E-state index is 11.4. The maximum absolute atomic E-state index is 11.4. The molecule has 7 nitrogen and oxygen atoms in total. The second-order valence-electron chi connectivity index (χ2n) is 2.69. The van der Waals surface area contributed by atoms with Gasteiger partial charge >= 0.3 is 0 Å². The number of aromatic nitrogens is 4. The monoisotopic (exact) mass is 259 g/mol. The van der Waals surface area contributed by atoms with Gasteiger partial charge in [-0.05, 0) is 6.08 Å². The third-order valence-corrected chi connectivity index (χ3v) is 2.29. The van der Waals surface area contributed by atoms with E-state index < -0.39 is 11.8 Å². The van der Waals surface area contributed by atoms with Crippen LogP contribution in [0.15, 0.2) is 11.8 Å². The molecular weight excluding hydrogens is 254 g/mol. The van der Waals surface area contributed by atoms with Crippen molar-refractivity contribution in [2.45, 2.75) is 11.0 Å². The second kappa shape index (κ2) is 3.46. The molecule has 1 aromatic heterocycles. The van der Waals surface area contributed by atoms with E-state index in [1.807, 2.05) is 0 Å². The second-order valence-corrected chi connectivity index (χ2v) is 3.67. The van der Waals surface area contributed by atoms with Crippen molar-refractivity contribution in [1.29, 1.82) is 0 Å². The molecule has 2 rings (SSSR count). The Morgan fingerprint density at radius 3 is 3.00 bits per heavy atom. The van der Waals surface area contributed by atoms with E-state index in [0.29, 0.717) is 0 Å². The standard InChI is InChI=1S/C6H6BrN5O2/c7-3-1-2(13)5(14)4(8-3)6-9-11-12-10-6/h1,3-4,8,13H,(H,9,10,11,12). The molecule has 0 saturated carbocycles. The molecule has 0 aromatic carbocycles. The van der Waals surface area contributed by atoms with E-state index in [-0.39, 0.29) is 16.5 Å². The first-order valence-corrected chi connectivity index (χ1v) is 4.68. The Morgan fingerprint density at radius 2 is 2.36 bits per heavy atom. The maximum Gasteiger partial charge on any atom is 0.221 e. The number of carbonyl (C=O) groups is 1. The molecule has 0 amide bonds. The molecule has 0 radical (unpaired) electrons. The lowest BCUT2D eigenvalue weighted by molar-refractivity contribution is -0.120. The van der Waals surface area contributed by atoms with Gasteiger partial charge in [-0.15, -0.1) is 10.2 Å². The van der Waals surface area contributed by atoms with Crippen LogP contribution in [0, 0.1) is 0 Å². The minimum Gasteiger partial charge on any atom is -0.504 e. The molecular formula is C6H6BrN5O2. The van der Waals surface area contributed by atoms with Crippen molar-refractivity contribution in [2.24, 2.45) is 0 Å². The van der Waals surface area contributed by atoms with Crippen LogP contribution in [0.5, 0.6) is 0 Å². The zero-order valence-electron chi connectivity index (χ0n) is 6.81. The van der Waals surface area contributed by atoms with Crippen molar-refractivity contribution in [2.75, 3.05) is 0 Å². The number of hydrogen-bond donors (Lipinski definition) is 3. The van der Waals surface area contributed by atoms with E-state index in [0.717, 1.165) is 0 Å². The number of alkyl halides is 1. The van der Waals surface area contributed by atoms with Crippen molar-refractivity contribution in [3.8, 4) is 0 Å². The van der Waals surface area contributed by atoms with Crippen LogP contribution in [-0.2, 0) is 4.79 Å². The molecule has 74 valence electrons. The number of rotatable bonds is 1. The third kappa shape index (κ3) is 1.53. The van der Waals surface area contributed by atoms with Crippen molar-refractivity contribution >= 4 is 21.7 Å². The zero-order valence-corrected chi connectivity index (χ0v) is 8.39. The fourth-order valence-corrected chi connectivity index (χ4v) is 1.65. The number of aliphatic hydroxyl groups is 1. The summed E-state index contributed by atoms with van der Waals surface area (Å²) in [6.07, 6.45) is 1.36. The van der Waals surface area contributed by atoms with E-state index in [2.05, 4.69) is 41.9 Å². The third-order valence-electron chi connectivity index (χ3n) is 1.76. The summed E-state index contributed by atoms with van der Waals surface area (Å²) in [4.78, 5) is 11.2. The summed E-state index contributed by atoms with van der Waals surface area (Å²) >= 11 is 3.20. The molecule has 3 N–H and O–H groups in total. The number of nitrogens with one attached hydrogen (secondary N) is 2. The highest BCUT2D eigenvalue weighted by Gasteiger charge is 2.32. The van der Waals surface area contributed by atoms with Gasteiger partial charge in [0.05, 0.1) is 4.95 Å². The highest BCUT2D eigenvalue weighted by atomic mass is 79.9. The summed E-state index contributed by atoms with van der Waals surface area (Å²) in [5, 5.41) is 25.0. The quantitative estimate of drug-likeness (QED) is 0.468. The molecule has 0 spiro atoms. The van der Waals surface area contributed by atoms with E-state index in [4.69, 9.17) is 0 Å². The van der Waals surface area contributed by atoms with E-state index >= 15 is 0 Å². The molecule has 2 heterocycles. The van der Waals surface area contributed by atoms with Crippen LogP contribution in [0.25, 0.3) is 0 Å². The van der Waals surface area contributed by atoms with Gasteiger partial charge in [0, 0.05) is 0 Å². The number of halogens is 1. The number of tetrazole rings is 1. The summed E-state index contributed by atoms with van der Waals surface area (Å²) in [7, 11) is 0. The van der Waals surface area contributed by atoms with Gasteiger partial charge in [0.1, 0.15) is 6.04 Å². The Morgan fingerprint density at radius 1 is 1.57 bits per heavy atom. The van der Waals surface area contributed by atoms with E-state index in [1.54, 1.807) is 0 Å². The van der Waals surface area contributed by atoms with Crippen molar-refractivity contribution < 1.29 is 9.90 Å². The van der Waals surface area contributed by atoms with Gasteiger partial charge < -0.3 is 5.11 Å². The van der Waals surface area contributed by atoms with Crippen LogP contribution in [0.4, 0.5) is 0 Å². The number of Topliss-reactive ketones (excluding diaryl/α,β-unsaturated/α-hetero) is 1. The van der Waals surface area contributed by atoms with Crippen LogP contribution in [0.2, 0.25) is 0 Å². The highest BCUT2D eigenvalue weighted by molar-refractivity contribution is 9.09. The first-order valence-electron chi connectivity index (χ1n) is 3.77. The fraction of sp³-hybridized carbons (Fsp3) is 0.333. The number of nitrogens with zero attached hydrogens (tertiary/aromatic N) is 3. The Balaban J connectivity index is 2.30. The van der Waals surface area contributed by atoms with Crippen molar-refractivity contribution in [3.63, 3.8) is 0 Å². The summed E-state index contributed by atoms with van der Waals surface area (Å²) in [5.41, 5.74) is 0. The van der Waals surface area contributed by atoms with Gasteiger partial charge in [-0.2, -0.15) is 5.21 Å². The summed E-state index contributed by atoms with van der Waals surface area (Å²) in [6, 6.07) is -0.761. The molecule has 2 unspecified atom stereocenters. The van der Waals surface area contributed by atoms with Gasteiger partial charge in [-0.1, -0.05) is 21.1 Å². The molecule has 1 aliphatic heterocycles. The Labute approximate surface area is 86.7 Å². The first kappa shape index (κ1) is 9.28. The first-order chi connectivity index (χ1) is 6.68. The molecule has 1 aromatic rings. The van der Waals surface area contributed by atoms with Crippen LogP contribution in [-0.4, -0.2) is 36.5 Å². The molecule has 0 bridgehead atoms. The molecule has 0 saturated heterocycles. The molecule has 14 heavy (non-hydrogen) atoms. The fourth-order valence-electron chi connectivity index (χ4n) is 1.14. The van der Waals surface area contributed by atoms with Crippen molar-refractivity contribution in [1.82, 2.24) is 25.9 Å². The van der Waals surface area contributed by atoms with Crippen LogP contribution >= 0.6 is 15.9 Å². The lowest BCUT2D eigenvalue weighted by atomic mass is 10.1. The molecule has 0 fully saturated rings. The largest absolute Gasteiger partial charge is 0.504 e. The van der Waals surface area contributed by atoms with Gasteiger partial charge in [0.25, 0.3) is 0 Å². The van der Waals surface area contributed by atoms with Gasteiger partial charge in [0.2, 0.25) is 5.78 Å². The van der Waals surface area contributed by atoms with Gasteiger partial charge in [0.15, 0.2) is 11.6 Å². The summed E-state index contributed by atoms with van der Waals surface area (Å²) < 4.78 is 0. The average Bonchev–Trinajstić information content (AvgIpc) is 2.63. The predicted octanol–water partition coefficient (Wildman–Crippen LogP) is -0.424. The average molecular weight is 260 g/mol. The Bertz CT molecular complexity index is 376. The number of hydrogen-bond acceptors (Lipinski definition) is 6. The van der Waals surface area contributed by atoms with Crippen LogP contribution in [0.3, 0.4) is 0 Å². The lowest BCUT2D eigenvalue weighted by Crippen LogP contribution is -2.38. The van der Waals surface area contributed by atoms with Gasteiger partial charge in [-0.3, -0.25) is 10.1 Å². The van der Waals surface area contributed by atoms with Crippen LogP contribution < -0.4 is 5.32 Å². The molecule has 8 heteroatoms. The predicted molar refractivity (Wildman–Crippen MR) is 48.5 cm³/mol. The topological polar surface area (TPSA) is 104 Å². The number of aliphatic hydroxyl groups excluding tert-OH is 1. The number of ketones is 1. The highest BCUT2D eigenvalue weighted by Crippen LogP contribution is 2.20. The molecule has 0 aliphatic carbocycles. The lowest BCUT2D eigenvalue weighted by Gasteiger charge is -2.20. The zero-order chi connectivity index (χ0) is 10.1. The number of H-pyrrole nitrogens is 1. The van der Waals surface area contributed by atoms with E-state index in [1.165, 1.54) is 6.08 Å². The van der Waals surface area contributed by atoms with Crippen molar-refractivity contribution in [3.05, 3.63) is 17.7 Å². The summed E-state index contributed by atoms with van der Waals surface area (Å²) in [6.45, 7) is 0. The number of aromatic amines is 1. The van der Waals surface area contributed by atoms with E-state index in [9.17, 15) is 9.90 Å². The minimum absolute atomic E-state index is 0.208. The van der Waals surface area contributed by atoms with Crippen LogP contribution in [0.1, 0.15) is 11.9 Å². The summed E-state index contributed by atoms with van der Waals surface area (Å²) in [5.74, 6) is -0.568. The Hall–Kier alpha value is -1.28. The minimum atomic E-state index is -0.761. The molecule has 2 atom stereocenters.